The second kappa shape index (κ2) is 5.08. The average Bonchev–Trinajstić information content (AvgIpc) is 2.45. The highest BCUT2D eigenvalue weighted by molar-refractivity contribution is 5.25. The average molecular weight is 287 g/mol. The molecule has 1 N–H and O–H groups in total. The minimum Gasteiger partial charge on any atom is -0.307 e. The Morgan fingerprint density at radius 1 is 1.05 bits per heavy atom. The molecule has 0 radical (unpaired) electrons. The molecule has 1 atom stereocenters. The van der Waals surface area contributed by atoms with Crippen LogP contribution in [0, 0.1) is 36.4 Å². The van der Waals surface area contributed by atoms with Crippen LogP contribution in [0.25, 0.3) is 0 Å². The Hall–Kier alpha value is -0.890. The van der Waals surface area contributed by atoms with Gasteiger partial charge in [0.2, 0.25) is 0 Å². The molecule has 0 heterocycles. The molecule has 1 nitrogen and oxygen atoms in total. The van der Waals surface area contributed by atoms with Crippen LogP contribution in [0.3, 0.4) is 0 Å². The van der Waals surface area contributed by atoms with E-state index in [9.17, 15) is 4.39 Å². The lowest BCUT2D eigenvalue weighted by molar-refractivity contribution is -0.0171. The van der Waals surface area contributed by atoms with Gasteiger partial charge in [0.15, 0.2) is 0 Å². The van der Waals surface area contributed by atoms with Gasteiger partial charge in [-0.2, -0.15) is 0 Å². The van der Waals surface area contributed by atoms with Crippen molar-refractivity contribution in [1.82, 2.24) is 5.32 Å². The van der Waals surface area contributed by atoms with Crippen LogP contribution in [0.2, 0.25) is 0 Å². The van der Waals surface area contributed by atoms with Crippen LogP contribution in [-0.4, -0.2) is 6.04 Å². The molecule has 0 saturated heterocycles. The first-order valence-corrected chi connectivity index (χ1v) is 8.62. The molecule has 2 heteroatoms. The predicted molar refractivity (Wildman–Crippen MR) is 83.5 cm³/mol. The lowest BCUT2D eigenvalue weighted by atomic mass is 9.54. The molecule has 4 aliphatic carbocycles. The largest absolute Gasteiger partial charge is 0.307 e. The fourth-order valence-electron chi connectivity index (χ4n) is 5.46. The van der Waals surface area contributed by atoms with Gasteiger partial charge in [-0.05, 0) is 86.8 Å². The van der Waals surface area contributed by atoms with Crippen LogP contribution in [0.1, 0.15) is 56.2 Å². The fourth-order valence-corrected chi connectivity index (χ4v) is 5.46. The van der Waals surface area contributed by atoms with Gasteiger partial charge in [-0.15, -0.1) is 0 Å². The van der Waals surface area contributed by atoms with Crippen LogP contribution in [0.5, 0.6) is 0 Å². The van der Waals surface area contributed by atoms with Crippen molar-refractivity contribution in [2.75, 3.05) is 0 Å². The minimum atomic E-state index is -0.0776. The Bertz CT molecular complexity index is 510. The highest BCUT2D eigenvalue weighted by atomic mass is 19.1. The number of rotatable bonds is 3. The molecule has 4 fully saturated rings. The Labute approximate surface area is 127 Å². The van der Waals surface area contributed by atoms with E-state index in [1.165, 1.54) is 32.1 Å². The summed E-state index contributed by atoms with van der Waals surface area (Å²) in [5.41, 5.74) is 1.83. The normalized spacial score (nSPS) is 38.7. The van der Waals surface area contributed by atoms with Gasteiger partial charge >= 0.3 is 0 Å². The van der Waals surface area contributed by atoms with Crippen molar-refractivity contribution in [2.24, 2.45) is 23.7 Å². The van der Waals surface area contributed by atoms with Gasteiger partial charge < -0.3 is 5.32 Å². The van der Waals surface area contributed by atoms with Crippen molar-refractivity contribution in [3.63, 3.8) is 0 Å². The van der Waals surface area contributed by atoms with Gasteiger partial charge in [-0.25, -0.2) is 4.39 Å². The monoisotopic (exact) mass is 287 g/mol. The van der Waals surface area contributed by atoms with E-state index < -0.39 is 0 Å². The Kier molecular flexibility index (Phi) is 3.33. The maximum absolute atomic E-state index is 13.8. The van der Waals surface area contributed by atoms with E-state index in [1.807, 2.05) is 13.0 Å². The number of aryl methyl sites for hydroxylation is 1. The third kappa shape index (κ3) is 2.42. The maximum atomic E-state index is 13.8. The van der Waals surface area contributed by atoms with E-state index >= 15 is 0 Å². The van der Waals surface area contributed by atoms with E-state index in [1.54, 1.807) is 6.07 Å². The molecule has 0 aromatic heterocycles. The highest BCUT2D eigenvalue weighted by Crippen LogP contribution is 2.54. The molecule has 5 rings (SSSR count). The van der Waals surface area contributed by atoms with E-state index in [0.717, 1.165) is 34.8 Å². The van der Waals surface area contributed by atoms with Crippen LogP contribution < -0.4 is 5.32 Å². The molecule has 1 aromatic carbocycles. The Balaban J connectivity index is 1.49. The SMILES string of the molecule is Cc1ccc(C(C)NC2C3CC4CC(C3)CC2C4)cc1F. The summed E-state index contributed by atoms with van der Waals surface area (Å²) in [6.45, 7) is 4.02. The van der Waals surface area contributed by atoms with E-state index in [4.69, 9.17) is 0 Å². The first-order valence-electron chi connectivity index (χ1n) is 8.62. The molecule has 0 aliphatic heterocycles. The number of nitrogens with one attached hydrogen (secondary N) is 1. The van der Waals surface area contributed by atoms with Gasteiger partial charge in [0.05, 0.1) is 0 Å². The summed E-state index contributed by atoms with van der Waals surface area (Å²) in [6.07, 6.45) is 7.22. The topological polar surface area (TPSA) is 12.0 Å². The van der Waals surface area contributed by atoms with Gasteiger partial charge in [0, 0.05) is 12.1 Å². The van der Waals surface area contributed by atoms with Crippen LogP contribution >= 0.6 is 0 Å². The van der Waals surface area contributed by atoms with Crippen molar-refractivity contribution in [3.05, 3.63) is 35.1 Å². The second-order valence-electron chi connectivity index (χ2n) is 7.85. The summed E-state index contributed by atoms with van der Waals surface area (Å²) >= 11 is 0. The van der Waals surface area contributed by atoms with Crippen molar-refractivity contribution >= 4 is 0 Å². The summed E-state index contributed by atoms with van der Waals surface area (Å²) in [7, 11) is 0. The molecule has 114 valence electrons. The smallest absolute Gasteiger partial charge is 0.126 e. The van der Waals surface area contributed by atoms with Gasteiger partial charge in [0.1, 0.15) is 5.82 Å². The standard InChI is InChI=1S/C19H26FN/c1-11-3-4-15(10-18(11)20)12(2)21-19-16-6-13-5-14(8-16)9-17(19)7-13/h3-4,10,12-14,16-17,19,21H,5-9H2,1-2H3. The first kappa shape index (κ1) is 13.8. The van der Waals surface area contributed by atoms with Crippen molar-refractivity contribution < 1.29 is 4.39 Å². The van der Waals surface area contributed by atoms with Crippen molar-refractivity contribution in [1.29, 1.82) is 0 Å². The Morgan fingerprint density at radius 3 is 2.24 bits per heavy atom. The zero-order valence-corrected chi connectivity index (χ0v) is 13.1. The number of hydrogen-bond acceptors (Lipinski definition) is 1. The zero-order valence-electron chi connectivity index (χ0n) is 13.1. The fraction of sp³-hybridized carbons (Fsp3) is 0.684. The Morgan fingerprint density at radius 2 is 1.67 bits per heavy atom. The maximum Gasteiger partial charge on any atom is 0.126 e. The molecule has 0 spiro atoms. The molecule has 1 unspecified atom stereocenters. The summed E-state index contributed by atoms with van der Waals surface area (Å²) in [6, 6.07) is 6.61. The minimum absolute atomic E-state index is 0.0776. The molecule has 4 bridgehead atoms. The van der Waals surface area contributed by atoms with E-state index in [-0.39, 0.29) is 11.9 Å². The van der Waals surface area contributed by atoms with E-state index in [2.05, 4.69) is 18.3 Å². The number of hydrogen-bond donors (Lipinski definition) is 1. The zero-order chi connectivity index (χ0) is 14.6. The van der Waals surface area contributed by atoms with Crippen LogP contribution in [-0.2, 0) is 0 Å². The van der Waals surface area contributed by atoms with Crippen LogP contribution in [0.15, 0.2) is 18.2 Å². The summed E-state index contributed by atoms with van der Waals surface area (Å²) in [5, 5.41) is 3.86. The van der Waals surface area contributed by atoms with E-state index in [0.29, 0.717) is 6.04 Å². The molecule has 4 aliphatic rings. The van der Waals surface area contributed by atoms with Crippen LogP contribution in [0.4, 0.5) is 4.39 Å². The number of halogens is 1. The molecule has 21 heavy (non-hydrogen) atoms. The van der Waals surface area contributed by atoms with Crippen molar-refractivity contribution in [3.8, 4) is 0 Å². The summed E-state index contributed by atoms with van der Waals surface area (Å²) in [4.78, 5) is 0. The predicted octanol–water partition coefficient (Wildman–Crippen LogP) is 4.61. The number of benzene rings is 1. The third-order valence-electron chi connectivity index (χ3n) is 6.37. The molecular formula is C19H26FN. The van der Waals surface area contributed by atoms with Gasteiger partial charge in [0.25, 0.3) is 0 Å². The van der Waals surface area contributed by atoms with Gasteiger partial charge in [-0.3, -0.25) is 0 Å². The lowest BCUT2D eigenvalue weighted by Gasteiger charge is -2.55. The first-order chi connectivity index (χ1) is 10.1. The quantitative estimate of drug-likeness (QED) is 0.856. The molecular weight excluding hydrogens is 261 g/mol. The lowest BCUT2D eigenvalue weighted by Crippen LogP contribution is -2.54. The van der Waals surface area contributed by atoms with Gasteiger partial charge in [-0.1, -0.05) is 12.1 Å². The van der Waals surface area contributed by atoms with Crippen molar-refractivity contribution in [2.45, 2.75) is 58.0 Å². The summed E-state index contributed by atoms with van der Waals surface area (Å²) in [5.74, 6) is 3.69. The third-order valence-corrected chi connectivity index (χ3v) is 6.37. The molecule has 1 aromatic rings. The summed E-state index contributed by atoms with van der Waals surface area (Å²) < 4.78 is 13.8. The second-order valence-corrected chi connectivity index (χ2v) is 7.85. The highest BCUT2D eigenvalue weighted by Gasteiger charge is 2.48. The molecule has 4 saturated carbocycles. The molecule has 0 amide bonds.